The van der Waals surface area contributed by atoms with Crippen LogP contribution in [-0.4, -0.2) is 24.1 Å². The molecule has 80 valence electrons. The standard InChI is InChI=1S/C11H14N2OS/c1-14-11-4-3-9(7-13-11)10(5-6-12)8-15-2/h3-4,7,10H,5,8H2,1-2H3. The lowest BCUT2D eigenvalue weighted by Gasteiger charge is -2.12. The minimum atomic E-state index is 0.267. The highest BCUT2D eigenvalue weighted by atomic mass is 32.2. The van der Waals surface area contributed by atoms with Crippen LogP contribution in [0.3, 0.4) is 0 Å². The second-order valence-corrected chi connectivity index (χ2v) is 4.06. The molecule has 0 N–H and O–H groups in total. The summed E-state index contributed by atoms with van der Waals surface area (Å²) >= 11 is 1.74. The fourth-order valence-corrected chi connectivity index (χ4v) is 2.05. The molecule has 0 aliphatic heterocycles. The monoisotopic (exact) mass is 222 g/mol. The number of thioether (sulfide) groups is 1. The Kier molecular flexibility index (Phi) is 4.99. The van der Waals surface area contributed by atoms with Gasteiger partial charge in [0.25, 0.3) is 0 Å². The maximum Gasteiger partial charge on any atom is 0.212 e. The summed E-state index contributed by atoms with van der Waals surface area (Å²) in [6.45, 7) is 0. The Morgan fingerprint density at radius 3 is 2.87 bits per heavy atom. The molecule has 0 saturated heterocycles. The number of nitriles is 1. The number of nitrogens with zero attached hydrogens (tertiary/aromatic N) is 2. The molecule has 0 saturated carbocycles. The highest BCUT2D eigenvalue weighted by Crippen LogP contribution is 2.23. The Bertz CT molecular complexity index is 331. The maximum atomic E-state index is 8.72. The predicted octanol–water partition coefficient (Wildman–Crippen LogP) is 2.45. The summed E-state index contributed by atoms with van der Waals surface area (Å²) in [5.41, 5.74) is 1.10. The van der Waals surface area contributed by atoms with E-state index in [1.807, 2.05) is 18.4 Å². The van der Waals surface area contributed by atoms with Crippen molar-refractivity contribution in [1.82, 2.24) is 4.98 Å². The molecule has 1 aromatic rings. The molecule has 1 heterocycles. The van der Waals surface area contributed by atoms with Gasteiger partial charge in [0.05, 0.1) is 13.2 Å². The molecule has 0 bridgehead atoms. The van der Waals surface area contributed by atoms with E-state index in [0.29, 0.717) is 12.3 Å². The third kappa shape index (κ3) is 3.45. The van der Waals surface area contributed by atoms with E-state index < -0.39 is 0 Å². The fraction of sp³-hybridized carbons (Fsp3) is 0.455. The van der Waals surface area contributed by atoms with Crippen LogP contribution < -0.4 is 4.74 Å². The van der Waals surface area contributed by atoms with Crippen LogP contribution in [0, 0.1) is 11.3 Å². The molecule has 0 fully saturated rings. The van der Waals surface area contributed by atoms with Gasteiger partial charge in [0.1, 0.15) is 0 Å². The number of hydrogen-bond acceptors (Lipinski definition) is 4. The van der Waals surface area contributed by atoms with Gasteiger partial charge in [-0.2, -0.15) is 17.0 Å². The molecular weight excluding hydrogens is 208 g/mol. The molecule has 0 aromatic carbocycles. The van der Waals surface area contributed by atoms with Gasteiger partial charge in [-0.15, -0.1) is 0 Å². The minimum Gasteiger partial charge on any atom is -0.481 e. The summed E-state index contributed by atoms with van der Waals surface area (Å²) in [5.74, 6) is 1.82. The van der Waals surface area contributed by atoms with E-state index in [1.165, 1.54) is 0 Å². The summed E-state index contributed by atoms with van der Waals surface area (Å²) in [4.78, 5) is 4.14. The van der Waals surface area contributed by atoms with Crippen LogP contribution in [-0.2, 0) is 0 Å². The van der Waals surface area contributed by atoms with E-state index >= 15 is 0 Å². The van der Waals surface area contributed by atoms with Gasteiger partial charge in [-0.1, -0.05) is 6.07 Å². The van der Waals surface area contributed by atoms with Crippen LogP contribution >= 0.6 is 11.8 Å². The van der Waals surface area contributed by atoms with E-state index in [2.05, 4.69) is 11.1 Å². The zero-order valence-corrected chi connectivity index (χ0v) is 9.75. The number of pyridine rings is 1. The number of rotatable bonds is 5. The third-order valence-corrected chi connectivity index (χ3v) is 2.88. The molecule has 3 nitrogen and oxygen atoms in total. The number of methoxy groups -OCH3 is 1. The molecule has 0 radical (unpaired) electrons. The quantitative estimate of drug-likeness (QED) is 0.767. The third-order valence-electron chi connectivity index (χ3n) is 2.15. The van der Waals surface area contributed by atoms with Crippen LogP contribution in [0.15, 0.2) is 18.3 Å². The van der Waals surface area contributed by atoms with Gasteiger partial charge in [0.2, 0.25) is 5.88 Å². The molecule has 1 unspecified atom stereocenters. The lowest BCUT2D eigenvalue weighted by atomic mass is 10.0. The first-order valence-corrected chi connectivity index (χ1v) is 6.07. The molecule has 0 aliphatic rings. The number of ether oxygens (including phenoxy) is 1. The fourth-order valence-electron chi connectivity index (χ4n) is 1.34. The smallest absolute Gasteiger partial charge is 0.212 e. The average Bonchev–Trinajstić information content (AvgIpc) is 2.29. The molecule has 15 heavy (non-hydrogen) atoms. The molecular formula is C11H14N2OS. The lowest BCUT2D eigenvalue weighted by molar-refractivity contribution is 0.397. The van der Waals surface area contributed by atoms with Crippen LogP contribution in [0.1, 0.15) is 17.9 Å². The van der Waals surface area contributed by atoms with Crippen molar-refractivity contribution >= 4 is 11.8 Å². The van der Waals surface area contributed by atoms with Crippen molar-refractivity contribution in [1.29, 1.82) is 5.26 Å². The van der Waals surface area contributed by atoms with Gasteiger partial charge in [-0.3, -0.25) is 0 Å². The first-order valence-electron chi connectivity index (χ1n) is 4.67. The lowest BCUT2D eigenvalue weighted by Crippen LogP contribution is -2.02. The molecule has 1 aromatic heterocycles. The Morgan fingerprint density at radius 1 is 1.60 bits per heavy atom. The van der Waals surface area contributed by atoms with Crippen LogP contribution in [0.25, 0.3) is 0 Å². The van der Waals surface area contributed by atoms with Gasteiger partial charge >= 0.3 is 0 Å². The summed E-state index contributed by atoms with van der Waals surface area (Å²) < 4.78 is 4.99. The van der Waals surface area contributed by atoms with Crippen molar-refractivity contribution in [3.8, 4) is 11.9 Å². The zero-order chi connectivity index (χ0) is 11.1. The zero-order valence-electron chi connectivity index (χ0n) is 8.93. The van der Waals surface area contributed by atoms with E-state index in [4.69, 9.17) is 10.00 Å². The Morgan fingerprint density at radius 2 is 2.40 bits per heavy atom. The Hall–Kier alpha value is -1.21. The summed E-state index contributed by atoms with van der Waals surface area (Å²) in [5, 5.41) is 8.72. The number of hydrogen-bond donors (Lipinski definition) is 0. The topological polar surface area (TPSA) is 45.9 Å². The van der Waals surface area contributed by atoms with E-state index in [0.717, 1.165) is 11.3 Å². The maximum absolute atomic E-state index is 8.72. The second-order valence-electron chi connectivity index (χ2n) is 3.15. The van der Waals surface area contributed by atoms with Crippen molar-refractivity contribution in [2.75, 3.05) is 19.1 Å². The van der Waals surface area contributed by atoms with Crippen LogP contribution in [0.5, 0.6) is 5.88 Å². The van der Waals surface area contributed by atoms with Gasteiger partial charge in [-0.25, -0.2) is 4.98 Å². The van der Waals surface area contributed by atoms with E-state index in [9.17, 15) is 0 Å². The second kappa shape index (κ2) is 6.31. The minimum absolute atomic E-state index is 0.267. The van der Waals surface area contributed by atoms with Crippen molar-refractivity contribution in [2.45, 2.75) is 12.3 Å². The van der Waals surface area contributed by atoms with E-state index in [1.54, 1.807) is 25.1 Å². The number of aromatic nitrogens is 1. The highest BCUT2D eigenvalue weighted by Gasteiger charge is 2.10. The van der Waals surface area contributed by atoms with Crippen LogP contribution in [0.4, 0.5) is 0 Å². The normalized spacial score (nSPS) is 11.8. The van der Waals surface area contributed by atoms with Gasteiger partial charge in [0, 0.05) is 30.4 Å². The first kappa shape index (κ1) is 11.9. The Labute approximate surface area is 94.5 Å². The average molecular weight is 222 g/mol. The highest BCUT2D eigenvalue weighted by molar-refractivity contribution is 7.98. The van der Waals surface area contributed by atoms with Crippen LogP contribution in [0.2, 0.25) is 0 Å². The molecule has 0 amide bonds. The molecule has 1 atom stereocenters. The van der Waals surface area contributed by atoms with Gasteiger partial charge in [0.15, 0.2) is 0 Å². The molecule has 0 spiro atoms. The predicted molar refractivity (Wildman–Crippen MR) is 62.1 cm³/mol. The summed E-state index contributed by atoms with van der Waals surface area (Å²) in [6.07, 6.45) is 4.37. The SMILES string of the molecule is COc1ccc(C(CC#N)CSC)cn1. The molecule has 1 rings (SSSR count). The molecule has 0 aliphatic carbocycles. The van der Waals surface area contributed by atoms with Gasteiger partial charge in [-0.05, 0) is 11.8 Å². The van der Waals surface area contributed by atoms with Gasteiger partial charge < -0.3 is 4.74 Å². The summed E-state index contributed by atoms with van der Waals surface area (Å²) in [6, 6.07) is 6.02. The van der Waals surface area contributed by atoms with Crippen molar-refractivity contribution in [3.63, 3.8) is 0 Å². The summed E-state index contributed by atoms with van der Waals surface area (Å²) in [7, 11) is 1.59. The van der Waals surface area contributed by atoms with E-state index in [-0.39, 0.29) is 5.92 Å². The first-order chi connectivity index (χ1) is 7.31. The van der Waals surface area contributed by atoms with Crippen molar-refractivity contribution < 1.29 is 4.74 Å². The largest absolute Gasteiger partial charge is 0.481 e. The van der Waals surface area contributed by atoms with Crippen molar-refractivity contribution in [2.24, 2.45) is 0 Å². The van der Waals surface area contributed by atoms with Crippen molar-refractivity contribution in [3.05, 3.63) is 23.9 Å². The Balaban J connectivity index is 2.77. The molecule has 4 heteroatoms.